The van der Waals surface area contributed by atoms with E-state index in [1.165, 1.54) is 31.5 Å². The van der Waals surface area contributed by atoms with Gasteiger partial charge in [-0.1, -0.05) is 0 Å². The highest BCUT2D eigenvalue weighted by Gasteiger charge is 2.21. The lowest BCUT2D eigenvalue weighted by Crippen LogP contribution is -2.23. The van der Waals surface area contributed by atoms with E-state index in [1.807, 2.05) is 24.5 Å². The van der Waals surface area contributed by atoms with Crippen molar-refractivity contribution in [3.8, 4) is 0 Å². The molecule has 1 atom stereocenters. The van der Waals surface area contributed by atoms with Crippen LogP contribution >= 0.6 is 0 Å². The van der Waals surface area contributed by atoms with Crippen LogP contribution in [0.4, 0.5) is 0 Å². The highest BCUT2D eigenvalue weighted by atomic mass is 15.2. The van der Waals surface area contributed by atoms with Crippen LogP contribution in [0.3, 0.4) is 0 Å². The minimum atomic E-state index is 0.442. The molecule has 0 radical (unpaired) electrons. The molecule has 0 amide bonds. The zero-order valence-corrected chi connectivity index (χ0v) is 10.1. The number of rotatable bonds is 2. The summed E-state index contributed by atoms with van der Waals surface area (Å²) < 4.78 is 0. The van der Waals surface area contributed by atoms with Gasteiger partial charge in [-0.2, -0.15) is 0 Å². The lowest BCUT2D eigenvalue weighted by Gasteiger charge is -2.24. The molecule has 17 heavy (non-hydrogen) atoms. The second-order valence-electron chi connectivity index (χ2n) is 4.69. The molecule has 1 unspecified atom stereocenters. The summed E-state index contributed by atoms with van der Waals surface area (Å²) in [6.07, 6.45) is 6.39. The van der Waals surface area contributed by atoms with Crippen molar-refractivity contribution in [2.75, 3.05) is 13.1 Å². The predicted molar refractivity (Wildman–Crippen MR) is 68.8 cm³/mol. The minimum absolute atomic E-state index is 0.442. The van der Waals surface area contributed by atoms with Crippen LogP contribution in [-0.4, -0.2) is 28.0 Å². The lowest BCUT2D eigenvalue weighted by molar-refractivity contribution is 0.264. The third kappa shape index (κ3) is 1.91. The number of hydrogen-bond acceptors (Lipinski definition) is 3. The van der Waals surface area contributed by atoms with Crippen molar-refractivity contribution in [1.82, 2.24) is 14.9 Å². The topological polar surface area (TPSA) is 29.0 Å². The molecule has 0 aliphatic carbocycles. The molecule has 1 aliphatic heterocycles. The van der Waals surface area contributed by atoms with Crippen molar-refractivity contribution in [3.63, 3.8) is 0 Å². The second-order valence-corrected chi connectivity index (χ2v) is 4.69. The summed E-state index contributed by atoms with van der Waals surface area (Å²) in [5, 5.41) is 0. The van der Waals surface area contributed by atoms with Crippen LogP contribution in [-0.2, 0) is 0 Å². The summed E-state index contributed by atoms with van der Waals surface area (Å²) in [6, 6.07) is 6.53. The third-order valence-corrected chi connectivity index (χ3v) is 3.67. The Balaban J connectivity index is 2.04. The van der Waals surface area contributed by atoms with Gasteiger partial charge in [-0.15, -0.1) is 0 Å². The average molecular weight is 227 g/mol. The summed E-state index contributed by atoms with van der Waals surface area (Å²) >= 11 is 0. The summed E-state index contributed by atoms with van der Waals surface area (Å²) in [6.45, 7) is 4.68. The smallest absolute Gasteiger partial charge is 0.0934 e. The van der Waals surface area contributed by atoms with Crippen LogP contribution in [0.2, 0.25) is 0 Å². The molecule has 3 rings (SSSR count). The first-order chi connectivity index (χ1) is 8.36. The number of fused-ring (bicyclic) bond motifs is 1. The zero-order valence-electron chi connectivity index (χ0n) is 10.1. The maximum absolute atomic E-state index is 4.48. The lowest BCUT2D eigenvalue weighted by atomic mass is 10.1. The highest BCUT2D eigenvalue weighted by Crippen LogP contribution is 2.28. The fourth-order valence-corrected chi connectivity index (χ4v) is 2.66. The molecule has 3 heterocycles. The average Bonchev–Trinajstić information content (AvgIpc) is 2.91. The van der Waals surface area contributed by atoms with Crippen molar-refractivity contribution in [3.05, 3.63) is 36.2 Å². The highest BCUT2D eigenvalue weighted by molar-refractivity contribution is 5.77. The molecule has 0 bridgehead atoms. The molecule has 0 aromatic carbocycles. The van der Waals surface area contributed by atoms with Crippen LogP contribution in [0, 0.1) is 0 Å². The number of pyridine rings is 2. The number of nitrogens with zero attached hydrogens (tertiary/aromatic N) is 3. The Hall–Kier alpha value is -1.48. The van der Waals surface area contributed by atoms with E-state index < -0.39 is 0 Å². The van der Waals surface area contributed by atoms with E-state index in [1.54, 1.807) is 0 Å². The molecule has 1 saturated heterocycles. The molecule has 0 saturated carbocycles. The molecule has 1 fully saturated rings. The molecule has 0 spiro atoms. The maximum atomic E-state index is 4.48. The Morgan fingerprint density at radius 3 is 2.76 bits per heavy atom. The summed E-state index contributed by atoms with van der Waals surface area (Å²) in [5.41, 5.74) is 3.35. The molecule has 3 heteroatoms. The van der Waals surface area contributed by atoms with E-state index in [2.05, 4.69) is 27.9 Å². The molecule has 3 nitrogen and oxygen atoms in total. The van der Waals surface area contributed by atoms with Gasteiger partial charge in [-0.05, 0) is 56.6 Å². The number of aromatic nitrogens is 2. The second kappa shape index (κ2) is 4.41. The molecule has 2 aromatic rings. The van der Waals surface area contributed by atoms with E-state index in [0.29, 0.717) is 6.04 Å². The molecular weight excluding hydrogens is 210 g/mol. The van der Waals surface area contributed by atoms with Gasteiger partial charge in [0.15, 0.2) is 0 Å². The Morgan fingerprint density at radius 1 is 1.12 bits per heavy atom. The first-order valence-corrected chi connectivity index (χ1v) is 6.30. The fourth-order valence-electron chi connectivity index (χ4n) is 2.66. The van der Waals surface area contributed by atoms with Gasteiger partial charge in [0.05, 0.1) is 11.0 Å². The molecular formula is C14H17N3. The van der Waals surface area contributed by atoms with Crippen LogP contribution in [0.5, 0.6) is 0 Å². The Kier molecular flexibility index (Phi) is 2.77. The van der Waals surface area contributed by atoms with Gasteiger partial charge in [-0.25, -0.2) is 0 Å². The van der Waals surface area contributed by atoms with Crippen molar-refractivity contribution in [1.29, 1.82) is 0 Å². The monoisotopic (exact) mass is 227 g/mol. The first kappa shape index (κ1) is 10.7. The Morgan fingerprint density at radius 2 is 1.94 bits per heavy atom. The minimum Gasteiger partial charge on any atom is -0.297 e. The van der Waals surface area contributed by atoms with Crippen molar-refractivity contribution >= 4 is 11.0 Å². The van der Waals surface area contributed by atoms with Crippen molar-refractivity contribution in [2.24, 2.45) is 0 Å². The van der Waals surface area contributed by atoms with E-state index in [9.17, 15) is 0 Å². The molecule has 1 aliphatic rings. The number of likely N-dealkylation sites (tertiary alicyclic amines) is 1. The predicted octanol–water partition coefficient (Wildman–Crippen LogP) is 2.79. The van der Waals surface area contributed by atoms with E-state index in [-0.39, 0.29) is 0 Å². The van der Waals surface area contributed by atoms with Gasteiger partial charge in [0.25, 0.3) is 0 Å². The SMILES string of the molecule is CC(c1ccnc2cccnc12)N1CCCC1. The van der Waals surface area contributed by atoms with Gasteiger partial charge >= 0.3 is 0 Å². The Bertz CT molecular complexity index is 512. The zero-order chi connectivity index (χ0) is 11.7. The summed E-state index contributed by atoms with van der Waals surface area (Å²) in [7, 11) is 0. The van der Waals surface area contributed by atoms with Gasteiger partial charge in [0.1, 0.15) is 0 Å². The van der Waals surface area contributed by atoms with Crippen LogP contribution in [0.15, 0.2) is 30.6 Å². The summed E-state index contributed by atoms with van der Waals surface area (Å²) in [5.74, 6) is 0. The molecule has 2 aromatic heterocycles. The van der Waals surface area contributed by atoms with E-state index in [4.69, 9.17) is 0 Å². The van der Waals surface area contributed by atoms with Crippen LogP contribution < -0.4 is 0 Å². The van der Waals surface area contributed by atoms with Gasteiger partial charge in [0, 0.05) is 18.4 Å². The van der Waals surface area contributed by atoms with Crippen molar-refractivity contribution in [2.45, 2.75) is 25.8 Å². The third-order valence-electron chi connectivity index (χ3n) is 3.67. The first-order valence-electron chi connectivity index (χ1n) is 6.30. The molecule has 0 N–H and O–H groups in total. The van der Waals surface area contributed by atoms with Gasteiger partial charge in [-0.3, -0.25) is 14.9 Å². The van der Waals surface area contributed by atoms with E-state index >= 15 is 0 Å². The quantitative estimate of drug-likeness (QED) is 0.790. The van der Waals surface area contributed by atoms with Gasteiger partial charge in [0.2, 0.25) is 0 Å². The largest absolute Gasteiger partial charge is 0.297 e. The van der Waals surface area contributed by atoms with E-state index in [0.717, 1.165) is 11.0 Å². The Labute approximate surface area is 101 Å². The maximum Gasteiger partial charge on any atom is 0.0934 e. The normalized spacial score (nSPS) is 18.6. The van der Waals surface area contributed by atoms with Crippen LogP contribution in [0.1, 0.15) is 31.4 Å². The van der Waals surface area contributed by atoms with Crippen LogP contribution in [0.25, 0.3) is 11.0 Å². The fraction of sp³-hybridized carbons (Fsp3) is 0.429. The van der Waals surface area contributed by atoms with Gasteiger partial charge < -0.3 is 0 Å². The standard InChI is InChI=1S/C14H17N3/c1-11(17-9-2-3-10-17)12-6-8-15-13-5-4-7-16-14(12)13/h4-8,11H,2-3,9-10H2,1H3. The molecule has 88 valence electrons. The van der Waals surface area contributed by atoms with Crippen molar-refractivity contribution < 1.29 is 0 Å². The number of hydrogen-bond donors (Lipinski definition) is 0. The summed E-state index contributed by atoms with van der Waals surface area (Å²) in [4.78, 5) is 11.4.